The van der Waals surface area contributed by atoms with Gasteiger partial charge < -0.3 is 11.1 Å². The number of pyridine rings is 1. The van der Waals surface area contributed by atoms with Crippen LogP contribution in [0.5, 0.6) is 0 Å². The van der Waals surface area contributed by atoms with Gasteiger partial charge in [-0.25, -0.2) is 0 Å². The number of hydrogen-bond acceptors (Lipinski definition) is 4. The lowest BCUT2D eigenvalue weighted by atomic mass is 10.1. The summed E-state index contributed by atoms with van der Waals surface area (Å²) in [6, 6.07) is 2.22. The van der Waals surface area contributed by atoms with Crippen LogP contribution in [0.15, 0.2) is 18.5 Å². The molecule has 1 fully saturated rings. The second-order valence-electron chi connectivity index (χ2n) is 4.85. The van der Waals surface area contributed by atoms with Crippen LogP contribution in [0.2, 0.25) is 0 Å². The van der Waals surface area contributed by atoms with Crippen molar-refractivity contribution in [2.45, 2.75) is 43.9 Å². The highest BCUT2D eigenvalue weighted by atomic mass is 32.2. The molecule has 18 heavy (non-hydrogen) atoms. The van der Waals surface area contributed by atoms with E-state index in [0.717, 1.165) is 28.8 Å². The Balaban J connectivity index is 1.96. The van der Waals surface area contributed by atoms with Gasteiger partial charge in [-0.1, -0.05) is 19.8 Å². The summed E-state index contributed by atoms with van der Waals surface area (Å²) >= 11 is 2.09. The maximum atomic E-state index is 6.05. The van der Waals surface area contributed by atoms with Crippen LogP contribution in [0.3, 0.4) is 0 Å². The van der Waals surface area contributed by atoms with Crippen molar-refractivity contribution in [1.29, 1.82) is 0 Å². The first-order chi connectivity index (χ1) is 8.81. The Morgan fingerprint density at radius 1 is 1.50 bits per heavy atom. The number of nitrogens with zero attached hydrogens (tertiary/aromatic N) is 1. The van der Waals surface area contributed by atoms with E-state index < -0.39 is 0 Å². The number of nitrogen functional groups attached to an aromatic ring is 1. The van der Waals surface area contributed by atoms with Crippen molar-refractivity contribution in [3.63, 3.8) is 0 Å². The number of nitrogens with two attached hydrogens (primary N) is 1. The van der Waals surface area contributed by atoms with Crippen LogP contribution in [-0.4, -0.2) is 22.5 Å². The van der Waals surface area contributed by atoms with E-state index in [9.17, 15) is 0 Å². The van der Waals surface area contributed by atoms with Gasteiger partial charge in [0.1, 0.15) is 0 Å². The quantitative estimate of drug-likeness (QED) is 0.830. The molecule has 3 N–H and O–H groups in total. The molecule has 1 unspecified atom stereocenters. The molecule has 1 aromatic heterocycles. The van der Waals surface area contributed by atoms with Gasteiger partial charge in [0.2, 0.25) is 0 Å². The molecular weight excluding hydrogens is 242 g/mol. The van der Waals surface area contributed by atoms with Gasteiger partial charge in [-0.05, 0) is 25.5 Å². The summed E-state index contributed by atoms with van der Waals surface area (Å²) in [6.07, 6.45) is 9.22. The standard InChI is InChI=1S/C14H23N3S/c1-2-17-14(10-18-11-5-3-4-6-11)12-9-16-8-7-13(12)15/h7-9,11,14,17H,2-6,10H2,1H3,(H2,15,16). The molecule has 3 nitrogen and oxygen atoms in total. The summed E-state index contributed by atoms with van der Waals surface area (Å²) in [7, 11) is 0. The summed E-state index contributed by atoms with van der Waals surface area (Å²) in [6.45, 7) is 3.10. The van der Waals surface area contributed by atoms with E-state index in [2.05, 4.69) is 29.0 Å². The third kappa shape index (κ3) is 3.62. The van der Waals surface area contributed by atoms with Gasteiger partial charge >= 0.3 is 0 Å². The zero-order valence-electron chi connectivity index (χ0n) is 11.1. The predicted octanol–water partition coefficient (Wildman–Crippen LogP) is 2.99. The number of thioether (sulfide) groups is 1. The van der Waals surface area contributed by atoms with E-state index in [1.807, 2.05) is 12.3 Å². The Morgan fingerprint density at radius 2 is 2.28 bits per heavy atom. The Bertz CT molecular complexity index is 364. The molecule has 1 aliphatic rings. The average Bonchev–Trinajstić information content (AvgIpc) is 2.88. The minimum Gasteiger partial charge on any atom is -0.398 e. The Morgan fingerprint density at radius 3 is 2.94 bits per heavy atom. The molecular formula is C14H23N3S. The van der Waals surface area contributed by atoms with E-state index in [1.165, 1.54) is 25.7 Å². The molecule has 0 amide bonds. The third-order valence-electron chi connectivity index (χ3n) is 3.51. The largest absolute Gasteiger partial charge is 0.398 e. The lowest BCUT2D eigenvalue weighted by molar-refractivity contribution is 0.604. The van der Waals surface area contributed by atoms with E-state index in [4.69, 9.17) is 5.73 Å². The molecule has 0 spiro atoms. The lowest BCUT2D eigenvalue weighted by Crippen LogP contribution is -2.24. The van der Waals surface area contributed by atoms with Crippen molar-refractivity contribution >= 4 is 17.4 Å². The van der Waals surface area contributed by atoms with E-state index >= 15 is 0 Å². The van der Waals surface area contributed by atoms with Crippen LogP contribution in [0.1, 0.15) is 44.2 Å². The number of anilines is 1. The van der Waals surface area contributed by atoms with Crippen molar-refractivity contribution in [3.8, 4) is 0 Å². The van der Waals surface area contributed by atoms with Crippen molar-refractivity contribution in [1.82, 2.24) is 10.3 Å². The molecule has 0 aliphatic heterocycles. The maximum absolute atomic E-state index is 6.05. The molecule has 0 radical (unpaired) electrons. The summed E-state index contributed by atoms with van der Waals surface area (Å²) in [5.41, 5.74) is 8.04. The molecule has 4 heteroatoms. The molecule has 0 bridgehead atoms. The summed E-state index contributed by atoms with van der Waals surface area (Å²) in [5.74, 6) is 1.09. The topological polar surface area (TPSA) is 50.9 Å². The van der Waals surface area contributed by atoms with Crippen LogP contribution in [0.25, 0.3) is 0 Å². The molecule has 1 heterocycles. The highest BCUT2D eigenvalue weighted by Gasteiger charge is 2.19. The normalized spacial score (nSPS) is 18.1. The Labute approximate surface area is 114 Å². The molecule has 0 saturated heterocycles. The fourth-order valence-electron chi connectivity index (χ4n) is 2.50. The van der Waals surface area contributed by atoms with Gasteiger partial charge in [0.25, 0.3) is 0 Å². The van der Waals surface area contributed by atoms with Crippen molar-refractivity contribution in [2.75, 3.05) is 18.0 Å². The van der Waals surface area contributed by atoms with E-state index in [0.29, 0.717) is 6.04 Å². The third-order valence-corrected chi connectivity index (χ3v) is 4.98. The monoisotopic (exact) mass is 265 g/mol. The Kier molecular flexibility index (Phi) is 5.32. The van der Waals surface area contributed by atoms with Gasteiger partial charge in [-0.15, -0.1) is 0 Å². The average molecular weight is 265 g/mol. The van der Waals surface area contributed by atoms with Gasteiger partial charge in [0.15, 0.2) is 0 Å². The second kappa shape index (κ2) is 7.00. The summed E-state index contributed by atoms with van der Waals surface area (Å²) in [4.78, 5) is 4.20. The minimum absolute atomic E-state index is 0.328. The maximum Gasteiger partial charge on any atom is 0.0447 e. The molecule has 2 rings (SSSR count). The van der Waals surface area contributed by atoms with Crippen molar-refractivity contribution < 1.29 is 0 Å². The van der Waals surface area contributed by atoms with Gasteiger partial charge in [-0.2, -0.15) is 11.8 Å². The number of rotatable bonds is 6. The number of hydrogen-bond donors (Lipinski definition) is 2. The molecule has 1 aromatic rings. The highest BCUT2D eigenvalue weighted by molar-refractivity contribution is 7.99. The fraction of sp³-hybridized carbons (Fsp3) is 0.643. The first-order valence-electron chi connectivity index (χ1n) is 6.85. The van der Waals surface area contributed by atoms with E-state index in [-0.39, 0.29) is 0 Å². The first kappa shape index (κ1) is 13.7. The lowest BCUT2D eigenvalue weighted by Gasteiger charge is -2.21. The van der Waals surface area contributed by atoms with Crippen LogP contribution < -0.4 is 11.1 Å². The summed E-state index contributed by atoms with van der Waals surface area (Å²) < 4.78 is 0. The Hall–Kier alpha value is -0.740. The smallest absolute Gasteiger partial charge is 0.0447 e. The van der Waals surface area contributed by atoms with Crippen LogP contribution in [0.4, 0.5) is 5.69 Å². The van der Waals surface area contributed by atoms with Gasteiger partial charge in [0, 0.05) is 40.7 Å². The molecule has 1 saturated carbocycles. The zero-order valence-corrected chi connectivity index (χ0v) is 11.9. The van der Waals surface area contributed by atoms with Crippen molar-refractivity contribution in [3.05, 3.63) is 24.0 Å². The molecule has 1 aliphatic carbocycles. The minimum atomic E-state index is 0.328. The number of nitrogens with one attached hydrogen (secondary N) is 1. The van der Waals surface area contributed by atoms with Crippen LogP contribution >= 0.6 is 11.8 Å². The number of aromatic nitrogens is 1. The first-order valence-corrected chi connectivity index (χ1v) is 7.90. The molecule has 100 valence electrons. The molecule has 0 aromatic carbocycles. The predicted molar refractivity (Wildman–Crippen MR) is 79.8 cm³/mol. The fourth-order valence-corrected chi connectivity index (χ4v) is 3.93. The van der Waals surface area contributed by atoms with Gasteiger partial charge in [0.05, 0.1) is 0 Å². The SMILES string of the molecule is CCNC(CSC1CCCC1)c1cnccc1N. The van der Waals surface area contributed by atoms with Gasteiger partial charge in [-0.3, -0.25) is 4.98 Å². The highest BCUT2D eigenvalue weighted by Crippen LogP contribution is 2.32. The van der Waals surface area contributed by atoms with Crippen molar-refractivity contribution in [2.24, 2.45) is 0 Å². The van der Waals surface area contributed by atoms with Crippen LogP contribution in [-0.2, 0) is 0 Å². The summed E-state index contributed by atoms with van der Waals surface area (Å²) in [5, 5.41) is 4.37. The molecule has 1 atom stereocenters. The zero-order chi connectivity index (χ0) is 12.8. The van der Waals surface area contributed by atoms with E-state index in [1.54, 1.807) is 6.20 Å². The second-order valence-corrected chi connectivity index (χ2v) is 6.19. The van der Waals surface area contributed by atoms with Crippen LogP contribution in [0, 0.1) is 0 Å².